The maximum atomic E-state index is 12.7. The Hall–Kier alpha value is -1.54. The van der Waals surface area contributed by atoms with Crippen LogP contribution in [-0.4, -0.2) is 68.5 Å². The summed E-state index contributed by atoms with van der Waals surface area (Å²) in [5.41, 5.74) is 0. The fourth-order valence-electron chi connectivity index (χ4n) is 4.14. The van der Waals surface area contributed by atoms with Gasteiger partial charge in [0.25, 0.3) is 7.82 Å². The normalized spacial score (nSPS) is 15.6. The van der Waals surface area contributed by atoms with Crippen molar-refractivity contribution in [2.75, 3.05) is 40.9 Å². The van der Waals surface area contributed by atoms with Crippen molar-refractivity contribution in [1.29, 1.82) is 0 Å². The lowest BCUT2D eigenvalue weighted by Gasteiger charge is -2.30. The maximum absolute atomic E-state index is 12.7. The molecular formula is C34H63N2O6P. The molecule has 3 atom stereocenters. The summed E-state index contributed by atoms with van der Waals surface area (Å²) in [5, 5.41) is 13.6. The van der Waals surface area contributed by atoms with Crippen molar-refractivity contribution in [2.24, 2.45) is 0 Å². The van der Waals surface area contributed by atoms with Gasteiger partial charge in [0.15, 0.2) is 0 Å². The highest BCUT2D eigenvalue weighted by molar-refractivity contribution is 7.45. The van der Waals surface area contributed by atoms with E-state index < -0.39 is 20.0 Å². The monoisotopic (exact) mass is 626 g/mol. The fourth-order valence-corrected chi connectivity index (χ4v) is 4.87. The van der Waals surface area contributed by atoms with Crippen molar-refractivity contribution >= 4 is 13.7 Å². The molecule has 1 amide bonds. The van der Waals surface area contributed by atoms with Gasteiger partial charge in [0.2, 0.25) is 5.91 Å². The lowest BCUT2D eigenvalue weighted by atomic mass is 10.0. The number of aliphatic hydroxyl groups is 1. The number of unbranched alkanes of at least 4 members (excludes halogenated alkanes) is 7. The highest BCUT2D eigenvalue weighted by atomic mass is 31.2. The molecular weight excluding hydrogens is 563 g/mol. The number of hydrogen-bond donors (Lipinski definition) is 2. The zero-order valence-corrected chi connectivity index (χ0v) is 28.8. The number of likely N-dealkylation sites (N-methyl/N-ethyl adjacent to an activating group) is 1. The van der Waals surface area contributed by atoms with Gasteiger partial charge in [-0.3, -0.25) is 9.36 Å². The molecule has 0 rings (SSSR count). The first-order valence-electron chi connectivity index (χ1n) is 16.5. The first kappa shape index (κ1) is 41.5. The van der Waals surface area contributed by atoms with E-state index >= 15 is 0 Å². The van der Waals surface area contributed by atoms with Crippen LogP contribution in [0.5, 0.6) is 0 Å². The van der Waals surface area contributed by atoms with Crippen LogP contribution in [0.1, 0.15) is 110 Å². The van der Waals surface area contributed by atoms with E-state index in [4.69, 9.17) is 9.05 Å². The van der Waals surface area contributed by atoms with Gasteiger partial charge in [0.1, 0.15) is 13.2 Å². The van der Waals surface area contributed by atoms with E-state index in [1.54, 1.807) is 0 Å². The Morgan fingerprint density at radius 2 is 1.42 bits per heavy atom. The Labute approximate surface area is 263 Å². The third kappa shape index (κ3) is 29.0. The molecule has 8 nitrogen and oxygen atoms in total. The number of amides is 1. The van der Waals surface area contributed by atoms with Crippen LogP contribution in [0.2, 0.25) is 0 Å². The number of allylic oxidation sites excluding steroid dienone is 8. The van der Waals surface area contributed by atoms with E-state index in [0.717, 1.165) is 57.8 Å². The second kappa shape index (κ2) is 26.8. The van der Waals surface area contributed by atoms with E-state index in [-0.39, 0.29) is 19.1 Å². The molecule has 0 aromatic heterocycles. The van der Waals surface area contributed by atoms with Gasteiger partial charge in [-0.05, 0) is 51.4 Å². The molecule has 0 aromatic carbocycles. The summed E-state index contributed by atoms with van der Waals surface area (Å²) in [4.78, 5) is 24.9. The number of phosphoric acid groups is 1. The van der Waals surface area contributed by atoms with Gasteiger partial charge in [0.05, 0.1) is 39.9 Å². The minimum absolute atomic E-state index is 0.000887. The van der Waals surface area contributed by atoms with Crippen LogP contribution in [0.3, 0.4) is 0 Å². The summed E-state index contributed by atoms with van der Waals surface area (Å²) in [6, 6.07) is -0.818. The average molecular weight is 627 g/mol. The first-order chi connectivity index (χ1) is 20.5. The predicted octanol–water partition coefficient (Wildman–Crippen LogP) is 7.16. The number of carbonyl (C=O) groups is 1. The Balaban J connectivity index is 4.54. The smallest absolute Gasteiger partial charge is 0.268 e. The molecule has 2 N–H and O–H groups in total. The number of aliphatic hydroxyl groups excluding tert-OH is 1. The van der Waals surface area contributed by atoms with Crippen molar-refractivity contribution in [1.82, 2.24) is 5.32 Å². The van der Waals surface area contributed by atoms with E-state index in [1.165, 1.54) is 19.3 Å². The second-order valence-corrected chi connectivity index (χ2v) is 13.5. The highest BCUT2D eigenvalue weighted by Crippen LogP contribution is 2.38. The van der Waals surface area contributed by atoms with E-state index in [9.17, 15) is 19.4 Å². The second-order valence-electron chi connectivity index (χ2n) is 12.1. The van der Waals surface area contributed by atoms with Gasteiger partial charge < -0.3 is 28.8 Å². The number of hydrogen-bond acceptors (Lipinski definition) is 6. The van der Waals surface area contributed by atoms with Gasteiger partial charge >= 0.3 is 0 Å². The number of rotatable bonds is 28. The van der Waals surface area contributed by atoms with Gasteiger partial charge in [0, 0.05) is 6.42 Å². The van der Waals surface area contributed by atoms with Gasteiger partial charge in [-0.1, -0.05) is 101 Å². The Bertz CT molecular complexity index is 850. The third-order valence-corrected chi connectivity index (χ3v) is 7.80. The summed E-state index contributed by atoms with van der Waals surface area (Å²) in [6.45, 7) is 4.45. The third-order valence-electron chi connectivity index (χ3n) is 6.83. The van der Waals surface area contributed by atoms with Crippen LogP contribution >= 0.6 is 7.82 Å². The molecule has 43 heavy (non-hydrogen) atoms. The molecule has 0 heterocycles. The molecule has 0 aromatic rings. The quantitative estimate of drug-likeness (QED) is 0.0413. The van der Waals surface area contributed by atoms with E-state index in [1.807, 2.05) is 21.1 Å². The summed E-state index contributed by atoms with van der Waals surface area (Å²) in [6.07, 6.45) is 30.0. The lowest BCUT2D eigenvalue weighted by molar-refractivity contribution is -0.870. The van der Waals surface area contributed by atoms with Crippen LogP contribution < -0.4 is 10.2 Å². The van der Waals surface area contributed by atoms with Crippen LogP contribution in [0, 0.1) is 0 Å². The fraction of sp³-hybridized carbons (Fsp3) is 0.735. The zero-order chi connectivity index (χ0) is 32.2. The maximum Gasteiger partial charge on any atom is 0.268 e. The van der Waals surface area contributed by atoms with Crippen LogP contribution in [0.25, 0.3) is 0 Å². The van der Waals surface area contributed by atoms with Crippen molar-refractivity contribution in [2.45, 2.75) is 122 Å². The van der Waals surface area contributed by atoms with E-state index in [2.05, 4.69) is 67.8 Å². The van der Waals surface area contributed by atoms with Crippen molar-refractivity contribution in [3.8, 4) is 0 Å². The SMILES string of the molecule is CC/C=C\C/C=C\C/C=C\C/C=C\CCCCC(=O)NC(COP(=O)([O-])OCC[N+](C)(C)C)C(O)CCCCCCCC. The molecule has 250 valence electrons. The number of quaternary nitrogens is 1. The Kier molecular flexibility index (Phi) is 25.9. The molecule has 3 unspecified atom stereocenters. The van der Waals surface area contributed by atoms with Crippen molar-refractivity contribution < 1.29 is 32.9 Å². The summed E-state index contributed by atoms with van der Waals surface area (Å²) in [7, 11) is 1.26. The first-order valence-corrected chi connectivity index (χ1v) is 17.9. The van der Waals surface area contributed by atoms with Crippen molar-refractivity contribution in [3.63, 3.8) is 0 Å². The van der Waals surface area contributed by atoms with Gasteiger partial charge in [-0.2, -0.15) is 0 Å². The molecule has 0 spiro atoms. The number of nitrogens with one attached hydrogen (secondary N) is 1. The Morgan fingerprint density at radius 1 is 0.837 bits per heavy atom. The minimum atomic E-state index is -4.55. The lowest BCUT2D eigenvalue weighted by Crippen LogP contribution is -2.46. The molecule has 0 saturated heterocycles. The Morgan fingerprint density at radius 3 is 2.02 bits per heavy atom. The predicted molar refractivity (Wildman–Crippen MR) is 178 cm³/mol. The number of nitrogens with zero attached hydrogens (tertiary/aromatic N) is 1. The van der Waals surface area contributed by atoms with Crippen LogP contribution in [0.4, 0.5) is 0 Å². The van der Waals surface area contributed by atoms with E-state index in [0.29, 0.717) is 30.3 Å². The average Bonchev–Trinajstić information content (AvgIpc) is 2.94. The molecule has 0 aliphatic heterocycles. The summed E-state index contributed by atoms with van der Waals surface area (Å²) < 4.78 is 22.9. The number of phosphoric ester groups is 1. The van der Waals surface area contributed by atoms with Crippen molar-refractivity contribution in [3.05, 3.63) is 48.6 Å². The molecule has 0 radical (unpaired) electrons. The molecule has 0 fully saturated rings. The molecule has 0 aliphatic carbocycles. The summed E-state index contributed by atoms with van der Waals surface area (Å²) >= 11 is 0. The molecule has 0 aliphatic rings. The topological polar surface area (TPSA) is 108 Å². The highest BCUT2D eigenvalue weighted by Gasteiger charge is 2.24. The molecule has 0 saturated carbocycles. The van der Waals surface area contributed by atoms with Crippen LogP contribution in [0.15, 0.2) is 48.6 Å². The van der Waals surface area contributed by atoms with Gasteiger partial charge in [-0.15, -0.1) is 0 Å². The van der Waals surface area contributed by atoms with Crippen LogP contribution in [-0.2, 0) is 18.4 Å². The molecule has 9 heteroatoms. The standard InChI is InChI=1S/C34H63N2O6P/c1-6-8-10-12-14-15-16-17-18-19-20-21-22-24-26-28-34(38)35-32(33(37)27-25-23-13-11-9-7-2)31-42-43(39,40)41-30-29-36(3,4)5/h8,10,14-15,17-18,20-21,32-33,37H,6-7,9,11-13,16,19,22-31H2,1-5H3,(H-,35,38,39,40)/b10-8-,15-14-,18-17-,21-20-. The largest absolute Gasteiger partial charge is 0.756 e. The summed E-state index contributed by atoms with van der Waals surface area (Å²) in [5.74, 6) is -0.215. The molecule has 0 bridgehead atoms. The zero-order valence-electron chi connectivity index (χ0n) is 27.9. The minimum Gasteiger partial charge on any atom is -0.756 e. The number of carbonyl (C=O) groups excluding carboxylic acids is 1. The van der Waals surface area contributed by atoms with Gasteiger partial charge in [-0.25, -0.2) is 0 Å².